The Bertz CT molecular complexity index is 1480. The largest absolute Gasteiger partial charge is 0.488 e. The van der Waals surface area contributed by atoms with Crippen LogP contribution in [0.3, 0.4) is 0 Å². The monoisotopic (exact) mass is 598 g/mol. The number of para-hydroxylation sites is 1. The minimum atomic E-state index is -0.620. The Morgan fingerprint density at radius 1 is 1.02 bits per heavy atom. The molecule has 0 saturated carbocycles. The van der Waals surface area contributed by atoms with Gasteiger partial charge in [-0.05, 0) is 66.2 Å². The first kappa shape index (κ1) is 29.2. The summed E-state index contributed by atoms with van der Waals surface area (Å²) in [6, 6.07) is 18.7. The van der Waals surface area contributed by atoms with E-state index in [-0.39, 0.29) is 34.4 Å². The van der Waals surface area contributed by atoms with Crippen LogP contribution in [0.5, 0.6) is 5.75 Å². The molecule has 3 aromatic carbocycles. The van der Waals surface area contributed by atoms with E-state index >= 15 is 0 Å². The Morgan fingerprint density at radius 3 is 2.52 bits per heavy atom. The number of imide groups is 1. The third-order valence-corrected chi connectivity index (χ3v) is 7.08. The number of halogens is 2. The molecule has 0 spiro atoms. The molecule has 0 aliphatic carbocycles. The van der Waals surface area contributed by atoms with E-state index in [1.54, 1.807) is 42.5 Å². The number of esters is 1. The number of nitrogens with zero attached hydrogens (tertiary/aromatic N) is 1. The number of carbonyl (C=O) groups is 4. The van der Waals surface area contributed by atoms with Gasteiger partial charge in [0.25, 0.3) is 11.1 Å². The Labute approximate surface area is 245 Å². The Kier molecular flexibility index (Phi) is 9.87. The van der Waals surface area contributed by atoms with E-state index in [2.05, 4.69) is 5.32 Å². The van der Waals surface area contributed by atoms with Crippen molar-refractivity contribution in [2.45, 2.75) is 20.0 Å². The molecule has 1 heterocycles. The number of rotatable bonds is 10. The number of carbonyl (C=O) groups excluding carboxylic acids is 4. The zero-order valence-corrected chi connectivity index (χ0v) is 23.6. The van der Waals surface area contributed by atoms with E-state index in [9.17, 15) is 19.2 Å². The molecule has 11 heteroatoms. The smallest absolute Gasteiger partial charge is 0.339 e. The second-order valence-corrected chi connectivity index (χ2v) is 10.4. The molecule has 3 amide bonds. The van der Waals surface area contributed by atoms with Crippen molar-refractivity contribution in [1.29, 1.82) is 0 Å². The molecule has 40 heavy (non-hydrogen) atoms. The summed E-state index contributed by atoms with van der Waals surface area (Å²) in [7, 11) is 0. The molecular formula is C29H24Cl2N2O6S. The fourth-order valence-corrected chi connectivity index (χ4v) is 4.78. The summed E-state index contributed by atoms with van der Waals surface area (Å²) in [5, 5.41) is 2.81. The summed E-state index contributed by atoms with van der Waals surface area (Å²) in [4.78, 5) is 51.6. The molecule has 1 aliphatic rings. The van der Waals surface area contributed by atoms with Crippen LogP contribution >= 0.6 is 35.0 Å². The van der Waals surface area contributed by atoms with Crippen LogP contribution in [0.4, 0.5) is 10.5 Å². The minimum absolute atomic E-state index is 0.0963. The van der Waals surface area contributed by atoms with E-state index < -0.39 is 29.6 Å². The first-order valence-corrected chi connectivity index (χ1v) is 13.8. The van der Waals surface area contributed by atoms with Crippen molar-refractivity contribution in [3.63, 3.8) is 0 Å². The molecule has 1 N–H and O–H groups in total. The van der Waals surface area contributed by atoms with Gasteiger partial charge in [-0.25, -0.2) is 4.79 Å². The first-order valence-electron chi connectivity index (χ1n) is 12.2. The van der Waals surface area contributed by atoms with E-state index in [4.69, 9.17) is 32.7 Å². The highest BCUT2D eigenvalue weighted by molar-refractivity contribution is 8.18. The normalized spacial score (nSPS) is 14.0. The molecule has 0 aromatic heterocycles. The predicted octanol–water partition coefficient (Wildman–Crippen LogP) is 6.81. The Hall–Kier alpha value is -3.79. The molecule has 0 bridgehead atoms. The number of hydrogen-bond acceptors (Lipinski definition) is 7. The maximum absolute atomic E-state index is 13.0. The van der Waals surface area contributed by atoms with Gasteiger partial charge in [0, 0.05) is 16.3 Å². The number of nitrogens with one attached hydrogen (secondary N) is 1. The maximum Gasteiger partial charge on any atom is 0.339 e. The van der Waals surface area contributed by atoms with Gasteiger partial charge in [0.15, 0.2) is 0 Å². The fourth-order valence-electron chi connectivity index (χ4n) is 3.63. The number of ether oxygens (including phenoxy) is 2. The lowest BCUT2D eigenvalue weighted by molar-refractivity contribution is -0.127. The van der Waals surface area contributed by atoms with E-state index in [1.807, 2.05) is 19.1 Å². The average molecular weight is 599 g/mol. The minimum Gasteiger partial charge on any atom is -0.488 e. The molecule has 1 aliphatic heterocycles. The first-order chi connectivity index (χ1) is 19.2. The van der Waals surface area contributed by atoms with Gasteiger partial charge in [-0.1, -0.05) is 60.5 Å². The summed E-state index contributed by atoms with van der Waals surface area (Å²) in [5.41, 5.74) is 1.89. The SMILES string of the molecule is CCCOC(=O)c1cc(NC(=O)CN2C(=O)S/C(=C/c3ccccc3OCc3ccc(Cl)cc3)C2=O)ccc1Cl. The second kappa shape index (κ2) is 13.5. The molecule has 1 fully saturated rings. The van der Waals surface area contributed by atoms with Gasteiger partial charge in [0.05, 0.1) is 22.1 Å². The van der Waals surface area contributed by atoms with Crippen LogP contribution in [0.15, 0.2) is 71.6 Å². The number of amides is 3. The van der Waals surface area contributed by atoms with Gasteiger partial charge in [0.1, 0.15) is 18.9 Å². The Morgan fingerprint density at radius 2 is 1.77 bits per heavy atom. The van der Waals surface area contributed by atoms with Crippen molar-refractivity contribution in [2.75, 3.05) is 18.5 Å². The summed E-state index contributed by atoms with van der Waals surface area (Å²) in [6.07, 6.45) is 2.21. The van der Waals surface area contributed by atoms with E-state index in [0.717, 1.165) is 22.2 Å². The van der Waals surface area contributed by atoms with Crippen LogP contribution in [0.2, 0.25) is 10.0 Å². The molecule has 0 radical (unpaired) electrons. The van der Waals surface area contributed by atoms with Crippen molar-refractivity contribution in [3.8, 4) is 5.75 Å². The average Bonchev–Trinajstić information content (AvgIpc) is 3.20. The highest BCUT2D eigenvalue weighted by Crippen LogP contribution is 2.34. The molecule has 4 rings (SSSR count). The van der Waals surface area contributed by atoms with Crippen LogP contribution in [-0.2, 0) is 20.9 Å². The van der Waals surface area contributed by atoms with Gasteiger partial charge >= 0.3 is 5.97 Å². The van der Waals surface area contributed by atoms with Gasteiger partial charge < -0.3 is 14.8 Å². The Balaban J connectivity index is 1.42. The topological polar surface area (TPSA) is 102 Å². The molecule has 8 nitrogen and oxygen atoms in total. The highest BCUT2D eigenvalue weighted by Gasteiger charge is 2.36. The zero-order valence-electron chi connectivity index (χ0n) is 21.3. The standard InChI is InChI=1S/C29H24Cl2N2O6S/c1-2-13-38-28(36)22-15-21(11-12-23(22)31)32-26(34)16-33-27(35)25(40-29(33)37)14-19-5-3-4-6-24(19)39-17-18-7-9-20(30)10-8-18/h3-12,14-15H,2,13,16-17H2,1H3,(H,32,34)/b25-14+. The summed E-state index contributed by atoms with van der Waals surface area (Å²) in [5.74, 6) is -1.31. The van der Waals surface area contributed by atoms with Crippen molar-refractivity contribution >= 4 is 69.8 Å². The lowest BCUT2D eigenvalue weighted by Crippen LogP contribution is -2.36. The molecule has 206 valence electrons. The second-order valence-electron chi connectivity index (χ2n) is 8.60. The van der Waals surface area contributed by atoms with Crippen molar-refractivity contribution < 1.29 is 28.7 Å². The molecule has 1 saturated heterocycles. The summed E-state index contributed by atoms with van der Waals surface area (Å²) < 4.78 is 11.0. The lowest BCUT2D eigenvalue weighted by Gasteiger charge is -2.13. The van der Waals surface area contributed by atoms with E-state index in [1.165, 1.54) is 18.2 Å². The fraction of sp³-hybridized carbons (Fsp3) is 0.172. The molecule has 0 atom stereocenters. The predicted molar refractivity (Wildman–Crippen MR) is 156 cm³/mol. The van der Waals surface area contributed by atoms with Crippen LogP contribution in [0.25, 0.3) is 6.08 Å². The van der Waals surface area contributed by atoms with Crippen LogP contribution in [0.1, 0.15) is 34.8 Å². The molecule has 3 aromatic rings. The number of thioether (sulfide) groups is 1. The lowest BCUT2D eigenvalue weighted by atomic mass is 10.1. The number of hydrogen-bond donors (Lipinski definition) is 1. The molecule has 0 unspecified atom stereocenters. The summed E-state index contributed by atoms with van der Waals surface area (Å²) in [6.45, 7) is 1.87. The van der Waals surface area contributed by atoms with Gasteiger partial charge in [-0.3, -0.25) is 19.3 Å². The van der Waals surface area contributed by atoms with Gasteiger partial charge in [0.2, 0.25) is 5.91 Å². The van der Waals surface area contributed by atoms with Gasteiger partial charge in [-0.15, -0.1) is 0 Å². The van der Waals surface area contributed by atoms with Crippen molar-refractivity contribution in [1.82, 2.24) is 4.90 Å². The molecular weight excluding hydrogens is 575 g/mol. The zero-order chi connectivity index (χ0) is 28.6. The maximum atomic E-state index is 13.0. The highest BCUT2D eigenvalue weighted by atomic mass is 35.5. The third-order valence-electron chi connectivity index (χ3n) is 5.60. The van der Waals surface area contributed by atoms with Crippen molar-refractivity contribution in [3.05, 3.63) is 98.4 Å². The quantitative estimate of drug-likeness (QED) is 0.202. The van der Waals surface area contributed by atoms with Gasteiger partial charge in [-0.2, -0.15) is 0 Å². The number of benzene rings is 3. The summed E-state index contributed by atoms with van der Waals surface area (Å²) >= 11 is 12.8. The number of anilines is 1. The van der Waals surface area contributed by atoms with Crippen molar-refractivity contribution in [2.24, 2.45) is 0 Å². The van der Waals surface area contributed by atoms with Crippen LogP contribution < -0.4 is 10.1 Å². The van der Waals surface area contributed by atoms with Crippen LogP contribution in [-0.4, -0.2) is 41.1 Å². The third kappa shape index (κ3) is 7.44. The van der Waals surface area contributed by atoms with Crippen LogP contribution in [0, 0.1) is 0 Å². The van der Waals surface area contributed by atoms with E-state index in [0.29, 0.717) is 22.8 Å².